The lowest BCUT2D eigenvalue weighted by atomic mass is 10.1. The molecule has 0 saturated heterocycles. The van der Waals surface area contributed by atoms with Crippen molar-refractivity contribution in [3.05, 3.63) is 30.1 Å². The highest BCUT2D eigenvalue weighted by Gasteiger charge is 2.11. The number of imidazole rings is 1. The van der Waals surface area contributed by atoms with Gasteiger partial charge in [0.25, 0.3) is 0 Å². The SMILES string of the molecule is CCC(CC)COC(=O)c1ccc2nc[nH]c2c1. The largest absolute Gasteiger partial charge is 0.462 e. The Kier molecular flexibility index (Phi) is 3.97. The van der Waals surface area contributed by atoms with E-state index in [-0.39, 0.29) is 5.97 Å². The number of aromatic nitrogens is 2. The highest BCUT2D eigenvalue weighted by atomic mass is 16.5. The second-order valence-electron chi connectivity index (χ2n) is 4.42. The third-order valence-corrected chi connectivity index (χ3v) is 3.26. The number of ether oxygens (including phenoxy) is 1. The van der Waals surface area contributed by atoms with Crippen molar-refractivity contribution in [2.75, 3.05) is 6.61 Å². The zero-order chi connectivity index (χ0) is 13.0. The molecule has 0 radical (unpaired) electrons. The molecular formula is C14H18N2O2. The molecule has 4 nitrogen and oxygen atoms in total. The minimum atomic E-state index is -0.265. The average Bonchev–Trinajstić information content (AvgIpc) is 2.86. The molecule has 0 saturated carbocycles. The van der Waals surface area contributed by atoms with Gasteiger partial charge >= 0.3 is 5.97 Å². The van der Waals surface area contributed by atoms with Crippen LogP contribution in [-0.2, 0) is 4.74 Å². The molecule has 4 heteroatoms. The van der Waals surface area contributed by atoms with Gasteiger partial charge in [-0.1, -0.05) is 26.7 Å². The van der Waals surface area contributed by atoms with Gasteiger partial charge in [-0.2, -0.15) is 0 Å². The van der Waals surface area contributed by atoms with Crippen LogP contribution in [0.2, 0.25) is 0 Å². The van der Waals surface area contributed by atoms with Crippen molar-refractivity contribution in [1.29, 1.82) is 0 Å². The number of rotatable bonds is 5. The van der Waals surface area contributed by atoms with E-state index in [4.69, 9.17) is 4.74 Å². The molecule has 0 aliphatic carbocycles. The van der Waals surface area contributed by atoms with Gasteiger partial charge in [0.05, 0.1) is 29.5 Å². The van der Waals surface area contributed by atoms with E-state index >= 15 is 0 Å². The first kappa shape index (κ1) is 12.6. The molecule has 0 atom stereocenters. The summed E-state index contributed by atoms with van der Waals surface area (Å²) in [4.78, 5) is 19.0. The first-order chi connectivity index (χ1) is 8.74. The van der Waals surface area contributed by atoms with E-state index in [2.05, 4.69) is 23.8 Å². The van der Waals surface area contributed by atoms with Crippen molar-refractivity contribution in [3.63, 3.8) is 0 Å². The molecule has 2 aromatic rings. The predicted molar refractivity (Wildman–Crippen MR) is 70.4 cm³/mol. The van der Waals surface area contributed by atoms with Crippen molar-refractivity contribution < 1.29 is 9.53 Å². The number of H-pyrrole nitrogens is 1. The third kappa shape index (κ3) is 2.70. The summed E-state index contributed by atoms with van der Waals surface area (Å²) in [5, 5.41) is 0. The molecule has 1 N–H and O–H groups in total. The van der Waals surface area contributed by atoms with Crippen LogP contribution in [0.4, 0.5) is 0 Å². The molecule has 1 aromatic heterocycles. The zero-order valence-electron chi connectivity index (χ0n) is 10.8. The fourth-order valence-electron chi connectivity index (χ4n) is 1.86. The summed E-state index contributed by atoms with van der Waals surface area (Å²) in [6.45, 7) is 4.71. The molecular weight excluding hydrogens is 228 g/mol. The Bertz CT molecular complexity index is 529. The first-order valence-corrected chi connectivity index (χ1v) is 6.34. The number of carbonyl (C=O) groups excluding carboxylic acids is 1. The summed E-state index contributed by atoms with van der Waals surface area (Å²) in [7, 11) is 0. The Morgan fingerprint density at radius 2 is 2.17 bits per heavy atom. The van der Waals surface area contributed by atoms with Crippen molar-refractivity contribution in [2.45, 2.75) is 26.7 Å². The van der Waals surface area contributed by atoms with Gasteiger partial charge < -0.3 is 9.72 Å². The summed E-state index contributed by atoms with van der Waals surface area (Å²) in [6, 6.07) is 5.34. The molecule has 0 amide bonds. The van der Waals surface area contributed by atoms with E-state index in [1.54, 1.807) is 18.5 Å². The maximum atomic E-state index is 11.9. The first-order valence-electron chi connectivity index (χ1n) is 6.34. The fourth-order valence-corrected chi connectivity index (χ4v) is 1.86. The third-order valence-electron chi connectivity index (χ3n) is 3.26. The number of nitrogens with zero attached hydrogens (tertiary/aromatic N) is 1. The lowest BCUT2D eigenvalue weighted by Crippen LogP contribution is -2.13. The van der Waals surface area contributed by atoms with Crippen LogP contribution in [0.3, 0.4) is 0 Å². The van der Waals surface area contributed by atoms with Crippen LogP contribution in [0.15, 0.2) is 24.5 Å². The number of hydrogen-bond donors (Lipinski definition) is 1. The molecule has 1 heterocycles. The highest BCUT2D eigenvalue weighted by molar-refractivity contribution is 5.93. The Hall–Kier alpha value is -1.84. The van der Waals surface area contributed by atoms with E-state index in [1.807, 2.05) is 6.07 Å². The molecule has 0 unspecified atom stereocenters. The molecule has 0 fully saturated rings. The monoisotopic (exact) mass is 246 g/mol. The lowest BCUT2D eigenvalue weighted by Gasteiger charge is -2.12. The van der Waals surface area contributed by atoms with Crippen molar-refractivity contribution >= 4 is 17.0 Å². The molecule has 0 aliphatic rings. The van der Waals surface area contributed by atoms with Crippen LogP contribution in [0.25, 0.3) is 11.0 Å². The summed E-state index contributed by atoms with van der Waals surface area (Å²) >= 11 is 0. The van der Waals surface area contributed by atoms with Crippen LogP contribution in [-0.4, -0.2) is 22.5 Å². The quantitative estimate of drug-likeness (QED) is 0.824. The molecule has 2 rings (SSSR count). The van der Waals surface area contributed by atoms with Crippen molar-refractivity contribution in [3.8, 4) is 0 Å². The number of fused-ring (bicyclic) bond motifs is 1. The van der Waals surface area contributed by atoms with Crippen LogP contribution >= 0.6 is 0 Å². The maximum absolute atomic E-state index is 11.9. The number of aromatic amines is 1. The van der Waals surface area contributed by atoms with Crippen LogP contribution in [0.5, 0.6) is 0 Å². The topological polar surface area (TPSA) is 55.0 Å². The van der Waals surface area contributed by atoms with Gasteiger partial charge in [0.15, 0.2) is 0 Å². The maximum Gasteiger partial charge on any atom is 0.338 e. The number of esters is 1. The molecule has 18 heavy (non-hydrogen) atoms. The van der Waals surface area contributed by atoms with Gasteiger partial charge in [-0.3, -0.25) is 0 Å². The molecule has 0 spiro atoms. The standard InChI is InChI=1S/C14H18N2O2/c1-3-10(4-2)8-18-14(17)11-5-6-12-13(7-11)16-9-15-12/h5-7,9-10H,3-4,8H2,1-2H3,(H,15,16). The summed E-state index contributed by atoms with van der Waals surface area (Å²) in [6.07, 6.45) is 3.68. The van der Waals surface area contributed by atoms with E-state index in [9.17, 15) is 4.79 Å². The minimum Gasteiger partial charge on any atom is -0.462 e. The Labute approximate surface area is 106 Å². The Morgan fingerprint density at radius 1 is 1.39 bits per heavy atom. The van der Waals surface area contributed by atoms with E-state index in [0.29, 0.717) is 18.1 Å². The van der Waals surface area contributed by atoms with Gasteiger partial charge in [-0.05, 0) is 24.1 Å². The molecule has 1 aromatic carbocycles. The van der Waals surface area contributed by atoms with Crippen LogP contribution in [0.1, 0.15) is 37.0 Å². The normalized spacial score (nSPS) is 11.1. The molecule has 0 aliphatic heterocycles. The van der Waals surface area contributed by atoms with Crippen LogP contribution in [0, 0.1) is 5.92 Å². The highest BCUT2D eigenvalue weighted by Crippen LogP contribution is 2.14. The number of benzene rings is 1. The van der Waals surface area contributed by atoms with Gasteiger partial charge in [0.1, 0.15) is 0 Å². The van der Waals surface area contributed by atoms with Gasteiger partial charge in [0.2, 0.25) is 0 Å². The van der Waals surface area contributed by atoms with Crippen LogP contribution < -0.4 is 0 Å². The summed E-state index contributed by atoms with van der Waals surface area (Å²) in [5.41, 5.74) is 2.27. The van der Waals surface area contributed by atoms with Gasteiger partial charge in [0, 0.05) is 0 Å². The zero-order valence-corrected chi connectivity index (χ0v) is 10.8. The van der Waals surface area contributed by atoms with Crippen molar-refractivity contribution in [1.82, 2.24) is 9.97 Å². The fraction of sp³-hybridized carbons (Fsp3) is 0.429. The van der Waals surface area contributed by atoms with E-state index < -0.39 is 0 Å². The number of nitrogens with one attached hydrogen (secondary N) is 1. The second-order valence-corrected chi connectivity index (χ2v) is 4.42. The summed E-state index contributed by atoms with van der Waals surface area (Å²) < 4.78 is 5.32. The van der Waals surface area contributed by atoms with E-state index in [1.165, 1.54) is 0 Å². The second kappa shape index (κ2) is 5.67. The minimum absolute atomic E-state index is 0.265. The molecule has 0 bridgehead atoms. The molecule has 96 valence electrons. The van der Waals surface area contributed by atoms with Gasteiger partial charge in [-0.15, -0.1) is 0 Å². The predicted octanol–water partition coefficient (Wildman–Crippen LogP) is 3.16. The van der Waals surface area contributed by atoms with Gasteiger partial charge in [-0.25, -0.2) is 9.78 Å². The smallest absolute Gasteiger partial charge is 0.338 e. The van der Waals surface area contributed by atoms with E-state index in [0.717, 1.165) is 23.9 Å². The Morgan fingerprint density at radius 3 is 2.89 bits per heavy atom. The summed E-state index contributed by atoms with van der Waals surface area (Å²) in [5.74, 6) is 0.184. The Balaban J connectivity index is 2.04. The lowest BCUT2D eigenvalue weighted by molar-refractivity contribution is 0.0433. The average molecular weight is 246 g/mol. The number of carbonyl (C=O) groups is 1. The van der Waals surface area contributed by atoms with Crippen molar-refractivity contribution in [2.24, 2.45) is 5.92 Å². The number of hydrogen-bond acceptors (Lipinski definition) is 3.